The highest BCUT2D eigenvalue weighted by atomic mass is 19.1. The quantitative estimate of drug-likeness (QED) is 0.381. The van der Waals surface area contributed by atoms with Crippen LogP contribution in [0.1, 0.15) is 22.8 Å². The molecule has 0 radical (unpaired) electrons. The summed E-state index contributed by atoms with van der Waals surface area (Å²) in [6.07, 6.45) is 3.64. The molecule has 0 unspecified atom stereocenters. The van der Waals surface area contributed by atoms with E-state index in [1.165, 1.54) is 6.20 Å². The molecule has 2 aliphatic rings. The molecular formula is C24H26FN7O4. The van der Waals surface area contributed by atoms with Crippen molar-refractivity contribution >= 4 is 28.4 Å². The summed E-state index contributed by atoms with van der Waals surface area (Å²) in [5, 5.41) is 21.1. The first-order valence-corrected chi connectivity index (χ1v) is 11.9. The van der Waals surface area contributed by atoms with Crippen LogP contribution in [0.5, 0.6) is 0 Å². The predicted molar refractivity (Wildman–Crippen MR) is 129 cm³/mol. The molecule has 0 saturated carbocycles. The lowest BCUT2D eigenvalue weighted by Crippen LogP contribution is -2.42. The molecule has 2 aliphatic heterocycles. The first-order valence-electron chi connectivity index (χ1n) is 11.9. The second-order valence-corrected chi connectivity index (χ2v) is 9.03. The second kappa shape index (κ2) is 9.12. The van der Waals surface area contributed by atoms with Crippen molar-refractivity contribution in [1.82, 2.24) is 29.5 Å². The maximum atomic E-state index is 14.8. The minimum atomic E-state index is -1.15. The van der Waals surface area contributed by atoms with Crippen molar-refractivity contribution < 1.29 is 23.8 Å². The van der Waals surface area contributed by atoms with E-state index in [1.54, 1.807) is 17.8 Å². The van der Waals surface area contributed by atoms with Gasteiger partial charge in [-0.1, -0.05) is 0 Å². The molecule has 1 amide bonds. The van der Waals surface area contributed by atoms with E-state index in [4.69, 9.17) is 14.5 Å². The van der Waals surface area contributed by atoms with Gasteiger partial charge in [0.2, 0.25) is 0 Å². The van der Waals surface area contributed by atoms with E-state index in [0.29, 0.717) is 35.8 Å². The number of aliphatic hydroxyl groups excluding tert-OH is 1. The highest BCUT2D eigenvalue weighted by molar-refractivity contribution is 6.01. The summed E-state index contributed by atoms with van der Waals surface area (Å²) in [6.45, 7) is 0.948. The lowest BCUT2D eigenvalue weighted by Gasteiger charge is -2.27. The zero-order chi connectivity index (χ0) is 24.8. The summed E-state index contributed by atoms with van der Waals surface area (Å²) >= 11 is 0. The number of halogens is 1. The lowest BCUT2D eigenvalue weighted by molar-refractivity contribution is 0.00443. The molecule has 12 heteroatoms. The SMILES string of the molecule is CNc1cc(-c2cn([C@H]3CCOC[C@@H]3F)c3ncccc23)nc2c(C(=O)N[C@H]3COC[C@H]3O)cnn12. The fourth-order valence-electron chi connectivity index (χ4n) is 4.91. The Kier molecular flexibility index (Phi) is 5.78. The van der Waals surface area contributed by atoms with Crippen molar-refractivity contribution in [3.8, 4) is 11.3 Å². The summed E-state index contributed by atoms with van der Waals surface area (Å²) in [5.74, 6) is 0.218. The van der Waals surface area contributed by atoms with Crippen LogP contribution in [0.2, 0.25) is 0 Å². The minimum Gasteiger partial charge on any atom is -0.388 e. The van der Waals surface area contributed by atoms with E-state index in [0.717, 1.165) is 10.9 Å². The van der Waals surface area contributed by atoms with Crippen LogP contribution >= 0.6 is 0 Å². The monoisotopic (exact) mass is 495 g/mol. The molecule has 4 aromatic heterocycles. The van der Waals surface area contributed by atoms with Gasteiger partial charge in [0.1, 0.15) is 23.2 Å². The number of carbonyl (C=O) groups excluding carboxylic acids is 1. The molecule has 0 aliphatic carbocycles. The molecular weight excluding hydrogens is 469 g/mol. The van der Waals surface area contributed by atoms with Crippen molar-refractivity contribution in [3.05, 3.63) is 42.4 Å². The molecule has 0 bridgehead atoms. The highest BCUT2D eigenvalue weighted by Crippen LogP contribution is 2.35. The van der Waals surface area contributed by atoms with Crippen LogP contribution in [0, 0.1) is 0 Å². The zero-order valence-corrected chi connectivity index (χ0v) is 19.6. The Hall–Kier alpha value is -3.61. The number of nitrogens with zero attached hydrogens (tertiary/aromatic N) is 5. The van der Waals surface area contributed by atoms with E-state index >= 15 is 0 Å². The third-order valence-corrected chi connectivity index (χ3v) is 6.81. The Bertz CT molecular complexity index is 1440. The first kappa shape index (κ1) is 22.8. The topological polar surface area (TPSA) is 128 Å². The van der Waals surface area contributed by atoms with Gasteiger partial charge in [-0.15, -0.1) is 0 Å². The van der Waals surface area contributed by atoms with E-state index in [1.807, 2.05) is 29.0 Å². The summed E-state index contributed by atoms with van der Waals surface area (Å²) in [6, 6.07) is 4.69. The van der Waals surface area contributed by atoms with Crippen molar-refractivity contribution in [3.63, 3.8) is 0 Å². The van der Waals surface area contributed by atoms with Gasteiger partial charge in [0.05, 0.1) is 49.9 Å². The second-order valence-electron chi connectivity index (χ2n) is 9.03. The van der Waals surface area contributed by atoms with Gasteiger partial charge < -0.3 is 29.8 Å². The predicted octanol–water partition coefficient (Wildman–Crippen LogP) is 1.58. The number of fused-ring (bicyclic) bond motifs is 2. The number of pyridine rings is 1. The normalized spacial score (nSPS) is 24.4. The molecule has 6 heterocycles. The maximum Gasteiger partial charge on any atom is 0.257 e. The Balaban J connectivity index is 1.46. The van der Waals surface area contributed by atoms with E-state index < -0.39 is 30.3 Å². The van der Waals surface area contributed by atoms with Gasteiger partial charge in [-0.3, -0.25) is 4.79 Å². The number of ether oxygens (including phenoxy) is 2. The maximum absolute atomic E-state index is 14.8. The summed E-state index contributed by atoms with van der Waals surface area (Å²) < 4.78 is 28.8. The lowest BCUT2D eigenvalue weighted by atomic mass is 10.1. The molecule has 11 nitrogen and oxygen atoms in total. The molecule has 6 rings (SSSR count). The van der Waals surface area contributed by atoms with Crippen LogP contribution in [0.3, 0.4) is 0 Å². The van der Waals surface area contributed by atoms with Crippen LogP contribution in [0.15, 0.2) is 36.8 Å². The molecule has 188 valence electrons. The van der Waals surface area contributed by atoms with Gasteiger partial charge >= 0.3 is 0 Å². The largest absolute Gasteiger partial charge is 0.388 e. The van der Waals surface area contributed by atoms with E-state index in [-0.39, 0.29) is 25.4 Å². The summed E-state index contributed by atoms with van der Waals surface area (Å²) in [4.78, 5) is 22.4. The Labute approximate surface area is 205 Å². The number of carbonyl (C=O) groups is 1. The molecule has 36 heavy (non-hydrogen) atoms. The van der Waals surface area contributed by atoms with E-state index in [2.05, 4.69) is 20.7 Å². The molecule has 4 aromatic rings. The number of amides is 1. The average Bonchev–Trinajstić information content (AvgIpc) is 3.61. The van der Waals surface area contributed by atoms with Crippen LogP contribution < -0.4 is 10.6 Å². The van der Waals surface area contributed by atoms with Gasteiger partial charge in [0.25, 0.3) is 5.91 Å². The fraction of sp³-hybridized carbons (Fsp3) is 0.417. The summed E-state index contributed by atoms with van der Waals surface area (Å²) in [5.41, 5.74) is 2.63. The van der Waals surface area contributed by atoms with Crippen LogP contribution in [0.25, 0.3) is 27.9 Å². The van der Waals surface area contributed by atoms with Gasteiger partial charge in [-0.2, -0.15) is 9.61 Å². The third kappa shape index (κ3) is 3.77. The van der Waals surface area contributed by atoms with Gasteiger partial charge in [0.15, 0.2) is 5.65 Å². The van der Waals surface area contributed by atoms with Crippen LogP contribution in [-0.4, -0.2) is 87.0 Å². The molecule has 4 atom stereocenters. The molecule has 0 spiro atoms. The van der Waals surface area contributed by atoms with Gasteiger partial charge in [-0.05, 0) is 18.6 Å². The Morgan fingerprint density at radius 3 is 2.92 bits per heavy atom. The Morgan fingerprint density at radius 1 is 1.25 bits per heavy atom. The van der Waals surface area contributed by atoms with Crippen molar-refractivity contribution in [2.24, 2.45) is 0 Å². The highest BCUT2D eigenvalue weighted by Gasteiger charge is 2.31. The van der Waals surface area contributed by atoms with Crippen LogP contribution in [-0.2, 0) is 9.47 Å². The molecule has 2 saturated heterocycles. The number of hydrogen-bond acceptors (Lipinski definition) is 8. The first-order chi connectivity index (χ1) is 17.5. The summed E-state index contributed by atoms with van der Waals surface area (Å²) in [7, 11) is 1.76. The Morgan fingerprint density at radius 2 is 2.14 bits per heavy atom. The molecule has 0 aromatic carbocycles. The van der Waals surface area contributed by atoms with Crippen LogP contribution in [0.4, 0.5) is 10.2 Å². The van der Waals surface area contributed by atoms with Crippen molar-refractivity contribution in [2.45, 2.75) is 30.8 Å². The zero-order valence-electron chi connectivity index (χ0n) is 19.6. The van der Waals surface area contributed by atoms with Gasteiger partial charge in [0, 0.05) is 43.1 Å². The van der Waals surface area contributed by atoms with Gasteiger partial charge in [-0.25, -0.2) is 14.4 Å². The molecule has 2 fully saturated rings. The third-order valence-electron chi connectivity index (χ3n) is 6.81. The molecule has 3 N–H and O–H groups in total. The smallest absolute Gasteiger partial charge is 0.257 e. The number of rotatable bonds is 5. The number of nitrogens with one attached hydrogen (secondary N) is 2. The number of hydrogen-bond donors (Lipinski definition) is 3. The van der Waals surface area contributed by atoms with Crippen molar-refractivity contribution in [1.29, 1.82) is 0 Å². The average molecular weight is 496 g/mol. The van der Waals surface area contributed by atoms with Crippen molar-refractivity contribution in [2.75, 3.05) is 38.8 Å². The number of aromatic nitrogens is 5. The minimum absolute atomic E-state index is 0.0512. The standard InChI is InChI=1S/C24H26FN7O4/c1-26-21-7-17(29-23-14(8-28-32(21)23)24(34)30-18-11-36-12-20(18)33)15-9-31(19-4-6-35-10-16(19)25)22-13(15)3-2-5-27-22/h2-3,5,7-9,16,18-20,26,33H,4,6,10-12H2,1H3,(H,30,34)/t16-,18-,19-,20+/m0/s1. The van der Waals surface area contributed by atoms with E-state index in [9.17, 15) is 14.3 Å². The number of anilines is 1. The fourth-order valence-corrected chi connectivity index (χ4v) is 4.91. The number of alkyl halides is 1. The number of aliphatic hydroxyl groups is 1.